The SMILES string of the molecule is CCOCCOc1cccc(CNCCCc2ccccc2)c1. The summed E-state index contributed by atoms with van der Waals surface area (Å²) in [5, 5.41) is 3.50. The van der Waals surface area contributed by atoms with Gasteiger partial charge in [-0.15, -0.1) is 0 Å². The summed E-state index contributed by atoms with van der Waals surface area (Å²) in [5.74, 6) is 0.910. The first-order valence-corrected chi connectivity index (χ1v) is 8.42. The Labute approximate surface area is 139 Å². The van der Waals surface area contributed by atoms with E-state index in [0.717, 1.165) is 38.3 Å². The predicted octanol–water partition coefficient (Wildman–Crippen LogP) is 3.82. The van der Waals surface area contributed by atoms with Crippen LogP contribution in [0.15, 0.2) is 54.6 Å². The largest absolute Gasteiger partial charge is 0.491 e. The van der Waals surface area contributed by atoms with E-state index >= 15 is 0 Å². The summed E-state index contributed by atoms with van der Waals surface area (Å²) < 4.78 is 11.0. The van der Waals surface area contributed by atoms with Crippen LogP contribution in [0.1, 0.15) is 24.5 Å². The molecule has 2 aromatic rings. The fourth-order valence-corrected chi connectivity index (χ4v) is 2.40. The van der Waals surface area contributed by atoms with Crippen LogP contribution in [0.25, 0.3) is 0 Å². The maximum atomic E-state index is 5.68. The van der Waals surface area contributed by atoms with Crippen molar-refractivity contribution in [1.82, 2.24) is 5.32 Å². The first-order chi connectivity index (χ1) is 11.4. The Morgan fingerprint density at radius 1 is 0.913 bits per heavy atom. The second kappa shape index (κ2) is 10.8. The highest BCUT2D eigenvalue weighted by atomic mass is 16.5. The van der Waals surface area contributed by atoms with Gasteiger partial charge in [0.2, 0.25) is 0 Å². The third-order valence-corrected chi connectivity index (χ3v) is 3.59. The highest BCUT2D eigenvalue weighted by Crippen LogP contribution is 2.13. The Hall–Kier alpha value is -1.84. The van der Waals surface area contributed by atoms with Gasteiger partial charge >= 0.3 is 0 Å². The smallest absolute Gasteiger partial charge is 0.119 e. The molecule has 0 saturated heterocycles. The van der Waals surface area contributed by atoms with Crippen molar-refractivity contribution in [1.29, 1.82) is 0 Å². The molecule has 3 heteroatoms. The molecule has 0 amide bonds. The maximum absolute atomic E-state index is 5.68. The van der Waals surface area contributed by atoms with E-state index in [0.29, 0.717) is 13.2 Å². The van der Waals surface area contributed by atoms with Gasteiger partial charge in [0.25, 0.3) is 0 Å². The topological polar surface area (TPSA) is 30.5 Å². The van der Waals surface area contributed by atoms with E-state index in [1.165, 1.54) is 11.1 Å². The molecule has 1 N–H and O–H groups in total. The number of rotatable bonds is 11. The highest BCUT2D eigenvalue weighted by Gasteiger charge is 1.98. The van der Waals surface area contributed by atoms with Crippen molar-refractivity contribution in [3.05, 3.63) is 65.7 Å². The minimum atomic E-state index is 0.599. The Morgan fingerprint density at radius 2 is 1.74 bits per heavy atom. The standard InChI is InChI=1S/C20H27NO2/c1-2-22-14-15-23-20-12-6-10-19(16-20)17-21-13-7-11-18-8-4-3-5-9-18/h3-6,8-10,12,16,21H,2,7,11,13-15,17H2,1H3. The molecule has 0 saturated carbocycles. The second-order valence-corrected chi connectivity index (χ2v) is 5.46. The number of aryl methyl sites for hydroxylation is 1. The predicted molar refractivity (Wildman–Crippen MR) is 94.9 cm³/mol. The van der Waals surface area contributed by atoms with Crippen LogP contribution in [0.5, 0.6) is 5.75 Å². The van der Waals surface area contributed by atoms with Crippen molar-refractivity contribution in [3.63, 3.8) is 0 Å². The Bertz CT molecular complexity index is 542. The molecule has 3 nitrogen and oxygen atoms in total. The van der Waals surface area contributed by atoms with Gasteiger partial charge in [-0.05, 0) is 49.6 Å². The number of hydrogen-bond acceptors (Lipinski definition) is 3. The van der Waals surface area contributed by atoms with Crippen molar-refractivity contribution >= 4 is 0 Å². The third-order valence-electron chi connectivity index (χ3n) is 3.59. The second-order valence-electron chi connectivity index (χ2n) is 5.46. The van der Waals surface area contributed by atoms with Crippen molar-refractivity contribution in [3.8, 4) is 5.75 Å². The average Bonchev–Trinajstić information content (AvgIpc) is 2.60. The van der Waals surface area contributed by atoms with Gasteiger partial charge in [0.15, 0.2) is 0 Å². The fraction of sp³-hybridized carbons (Fsp3) is 0.400. The summed E-state index contributed by atoms with van der Waals surface area (Å²) in [6, 6.07) is 18.9. The molecule has 0 atom stereocenters. The molecular weight excluding hydrogens is 286 g/mol. The summed E-state index contributed by atoms with van der Waals surface area (Å²) in [4.78, 5) is 0. The van der Waals surface area contributed by atoms with Crippen LogP contribution in [0.3, 0.4) is 0 Å². The zero-order valence-corrected chi connectivity index (χ0v) is 14.0. The van der Waals surface area contributed by atoms with E-state index in [2.05, 4.69) is 47.8 Å². The van der Waals surface area contributed by atoms with Gasteiger partial charge in [-0.25, -0.2) is 0 Å². The lowest BCUT2D eigenvalue weighted by Gasteiger charge is -2.09. The lowest BCUT2D eigenvalue weighted by atomic mass is 10.1. The molecular formula is C20H27NO2. The number of hydrogen-bond donors (Lipinski definition) is 1. The molecule has 2 rings (SSSR count). The molecule has 0 aliphatic heterocycles. The van der Waals surface area contributed by atoms with Gasteiger partial charge in [-0.2, -0.15) is 0 Å². The Morgan fingerprint density at radius 3 is 2.57 bits per heavy atom. The summed E-state index contributed by atoms with van der Waals surface area (Å²) in [6.07, 6.45) is 2.27. The average molecular weight is 313 g/mol. The molecule has 23 heavy (non-hydrogen) atoms. The molecule has 0 spiro atoms. The third kappa shape index (κ3) is 7.31. The zero-order chi connectivity index (χ0) is 16.2. The molecule has 0 aromatic heterocycles. The molecule has 124 valence electrons. The monoisotopic (exact) mass is 313 g/mol. The van der Waals surface area contributed by atoms with Gasteiger partial charge < -0.3 is 14.8 Å². The zero-order valence-electron chi connectivity index (χ0n) is 14.0. The first kappa shape index (κ1) is 17.5. The van der Waals surface area contributed by atoms with Crippen molar-refractivity contribution in [2.75, 3.05) is 26.4 Å². The fourth-order valence-electron chi connectivity index (χ4n) is 2.40. The molecule has 0 radical (unpaired) electrons. The van der Waals surface area contributed by atoms with Crippen molar-refractivity contribution in [2.24, 2.45) is 0 Å². The highest BCUT2D eigenvalue weighted by molar-refractivity contribution is 5.28. The van der Waals surface area contributed by atoms with E-state index in [4.69, 9.17) is 9.47 Å². The minimum absolute atomic E-state index is 0.599. The number of benzene rings is 2. The quantitative estimate of drug-likeness (QED) is 0.640. The molecule has 0 fully saturated rings. The molecule has 0 aliphatic carbocycles. The van der Waals surface area contributed by atoms with Gasteiger partial charge in [0, 0.05) is 13.2 Å². The maximum Gasteiger partial charge on any atom is 0.119 e. The summed E-state index contributed by atoms with van der Waals surface area (Å²) in [5.41, 5.74) is 2.65. The van der Waals surface area contributed by atoms with Gasteiger partial charge in [0.1, 0.15) is 12.4 Å². The molecule has 2 aromatic carbocycles. The van der Waals surface area contributed by atoms with Gasteiger partial charge in [0.05, 0.1) is 6.61 Å². The van der Waals surface area contributed by atoms with E-state index < -0.39 is 0 Å². The minimum Gasteiger partial charge on any atom is -0.491 e. The van der Waals surface area contributed by atoms with Crippen LogP contribution in [0.2, 0.25) is 0 Å². The van der Waals surface area contributed by atoms with E-state index in [-0.39, 0.29) is 0 Å². The number of ether oxygens (including phenoxy) is 2. The van der Waals surface area contributed by atoms with Crippen LogP contribution >= 0.6 is 0 Å². The van der Waals surface area contributed by atoms with Crippen LogP contribution in [-0.4, -0.2) is 26.4 Å². The summed E-state index contributed by atoms with van der Waals surface area (Å²) >= 11 is 0. The van der Waals surface area contributed by atoms with Crippen LogP contribution < -0.4 is 10.1 Å². The molecule has 0 bridgehead atoms. The van der Waals surface area contributed by atoms with E-state index in [1.54, 1.807) is 0 Å². The first-order valence-electron chi connectivity index (χ1n) is 8.42. The molecule has 0 unspecified atom stereocenters. The lowest BCUT2D eigenvalue weighted by molar-refractivity contribution is 0.110. The lowest BCUT2D eigenvalue weighted by Crippen LogP contribution is -2.15. The normalized spacial score (nSPS) is 10.7. The van der Waals surface area contributed by atoms with Crippen molar-refractivity contribution in [2.45, 2.75) is 26.3 Å². The van der Waals surface area contributed by atoms with Crippen molar-refractivity contribution < 1.29 is 9.47 Å². The van der Waals surface area contributed by atoms with Crippen LogP contribution in [-0.2, 0) is 17.7 Å². The summed E-state index contributed by atoms with van der Waals surface area (Å²) in [6.45, 7) is 5.85. The van der Waals surface area contributed by atoms with Gasteiger partial charge in [-0.1, -0.05) is 42.5 Å². The van der Waals surface area contributed by atoms with Crippen LogP contribution in [0, 0.1) is 0 Å². The summed E-state index contributed by atoms with van der Waals surface area (Å²) in [7, 11) is 0. The van der Waals surface area contributed by atoms with Crippen LogP contribution in [0.4, 0.5) is 0 Å². The molecule has 0 aliphatic rings. The van der Waals surface area contributed by atoms with E-state index in [1.807, 2.05) is 19.1 Å². The molecule has 0 heterocycles. The van der Waals surface area contributed by atoms with E-state index in [9.17, 15) is 0 Å². The Kier molecular flexibility index (Phi) is 8.23. The number of nitrogens with one attached hydrogen (secondary N) is 1. The van der Waals surface area contributed by atoms with Gasteiger partial charge in [-0.3, -0.25) is 0 Å². The Balaban J connectivity index is 1.63.